The summed E-state index contributed by atoms with van der Waals surface area (Å²) in [6, 6.07) is 11.3. The van der Waals surface area contributed by atoms with Crippen molar-refractivity contribution in [1.29, 1.82) is 0 Å². The fourth-order valence-corrected chi connectivity index (χ4v) is 3.07. The zero-order valence-corrected chi connectivity index (χ0v) is 15.2. The van der Waals surface area contributed by atoms with Crippen molar-refractivity contribution in [1.82, 2.24) is 29.4 Å². The molecule has 0 aliphatic rings. The van der Waals surface area contributed by atoms with Crippen molar-refractivity contribution in [3.8, 4) is 5.82 Å². The summed E-state index contributed by atoms with van der Waals surface area (Å²) in [5.41, 5.74) is 2.80. The van der Waals surface area contributed by atoms with Crippen LogP contribution in [-0.4, -0.2) is 30.0 Å². The number of para-hydroxylation sites is 2. The maximum Gasteiger partial charge on any atom is 0.243 e. The molecule has 0 fully saturated rings. The molecule has 0 saturated heterocycles. The molecule has 1 N–H and O–H groups in total. The average molecular weight is 360 g/mol. The van der Waals surface area contributed by atoms with Gasteiger partial charge in [-0.25, -0.2) is 15.0 Å². The molecule has 0 spiro atoms. The molecule has 7 heteroatoms. The molecular formula is C20H20N6O. The molecule has 0 radical (unpaired) electrons. The van der Waals surface area contributed by atoms with Gasteiger partial charge >= 0.3 is 0 Å². The van der Waals surface area contributed by atoms with E-state index in [-0.39, 0.29) is 11.9 Å². The summed E-state index contributed by atoms with van der Waals surface area (Å²) in [6.07, 6.45) is 7.05. The fraction of sp³-hybridized carbons (Fsp3) is 0.200. The number of hydrogen-bond acceptors (Lipinski definition) is 4. The summed E-state index contributed by atoms with van der Waals surface area (Å²) in [6.45, 7) is 4.22. The molecule has 4 aromatic rings. The van der Waals surface area contributed by atoms with Crippen molar-refractivity contribution in [2.75, 3.05) is 0 Å². The average Bonchev–Trinajstić information content (AvgIpc) is 3.32. The second-order valence-corrected chi connectivity index (χ2v) is 6.40. The molecule has 1 atom stereocenters. The third kappa shape index (κ3) is 3.31. The highest BCUT2D eigenvalue weighted by molar-refractivity contribution is 5.83. The number of aryl methyl sites for hydroxylation is 1. The number of rotatable bonds is 5. The van der Waals surface area contributed by atoms with Crippen molar-refractivity contribution in [2.24, 2.45) is 0 Å². The Morgan fingerprint density at radius 3 is 2.81 bits per heavy atom. The van der Waals surface area contributed by atoms with Gasteiger partial charge in [-0.15, -0.1) is 0 Å². The smallest absolute Gasteiger partial charge is 0.243 e. The van der Waals surface area contributed by atoms with Crippen LogP contribution in [0.2, 0.25) is 0 Å². The van der Waals surface area contributed by atoms with E-state index in [1.165, 1.54) is 0 Å². The minimum atomic E-state index is -0.352. The number of aromatic nitrogens is 5. The molecule has 1 unspecified atom stereocenters. The van der Waals surface area contributed by atoms with Gasteiger partial charge in [0.15, 0.2) is 0 Å². The topological polar surface area (TPSA) is 77.6 Å². The zero-order chi connectivity index (χ0) is 18.8. The first kappa shape index (κ1) is 17.0. The number of amides is 1. The zero-order valence-electron chi connectivity index (χ0n) is 15.2. The highest BCUT2D eigenvalue weighted by Crippen LogP contribution is 2.17. The number of benzene rings is 1. The van der Waals surface area contributed by atoms with Gasteiger partial charge in [0.1, 0.15) is 17.7 Å². The van der Waals surface area contributed by atoms with Crippen molar-refractivity contribution < 1.29 is 4.79 Å². The number of nitrogens with zero attached hydrogens (tertiary/aromatic N) is 5. The van der Waals surface area contributed by atoms with Gasteiger partial charge in [-0.2, -0.15) is 0 Å². The van der Waals surface area contributed by atoms with Crippen LogP contribution in [0.5, 0.6) is 0 Å². The number of imidazole rings is 2. The van der Waals surface area contributed by atoms with Crippen LogP contribution in [0, 0.1) is 6.92 Å². The predicted octanol–water partition coefficient (Wildman–Crippen LogP) is 2.80. The standard InChI is InChI=1S/C20H20N6O/c1-14(26-13-24-17-5-3-4-6-18(17)26)20(27)23-12-16-7-8-22-19(11-16)25-10-9-21-15(25)2/h3-11,13-14H,12H2,1-2H3,(H,23,27). The Morgan fingerprint density at radius 1 is 1.15 bits per heavy atom. The molecule has 3 aromatic heterocycles. The number of hydrogen-bond donors (Lipinski definition) is 1. The normalized spacial score (nSPS) is 12.2. The minimum Gasteiger partial charge on any atom is -0.350 e. The van der Waals surface area contributed by atoms with Gasteiger partial charge < -0.3 is 9.88 Å². The van der Waals surface area contributed by atoms with Gasteiger partial charge in [0.25, 0.3) is 0 Å². The van der Waals surface area contributed by atoms with Crippen LogP contribution in [0.3, 0.4) is 0 Å². The number of pyridine rings is 1. The Balaban J connectivity index is 1.47. The molecule has 3 heterocycles. The first-order valence-electron chi connectivity index (χ1n) is 8.78. The van der Waals surface area contributed by atoms with Crippen LogP contribution in [0.25, 0.3) is 16.9 Å². The van der Waals surface area contributed by atoms with Crippen LogP contribution in [0.1, 0.15) is 24.4 Å². The number of carbonyl (C=O) groups is 1. The molecule has 7 nitrogen and oxygen atoms in total. The van der Waals surface area contributed by atoms with Gasteiger partial charge in [-0.1, -0.05) is 12.1 Å². The molecule has 0 aliphatic carbocycles. The lowest BCUT2D eigenvalue weighted by molar-refractivity contribution is -0.123. The van der Waals surface area contributed by atoms with E-state index >= 15 is 0 Å². The summed E-state index contributed by atoms with van der Waals surface area (Å²) in [4.78, 5) is 25.6. The van der Waals surface area contributed by atoms with Crippen molar-refractivity contribution >= 4 is 16.9 Å². The SMILES string of the molecule is Cc1nccn1-c1cc(CNC(=O)C(C)n2cnc3ccccc32)ccn1. The minimum absolute atomic E-state index is 0.0599. The lowest BCUT2D eigenvalue weighted by Crippen LogP contribution is -2.30. The van der Waals surface area contributed by atoms with Crippen LogP contribution in [-0.2, 0) is 11.3 Å². The second kappa shape index (κ2) is 7.03. The quantitative estimate of drug-likeness (QED) is 0.594. The van der Waals surface area contributed by atoms with Gasteiger partial charge in [-0.05, 0) is 43.7 Å². The van der Waals surface area contributed by atoms with Crippen LogP contribution < -0.4 is 5.32 Å². The highest BCUT2D eigenvalue weighted by Gasteiger charge is 2.17. The van der Waals surface area contributed by atoms with Crippen LogP contribution in [0.15, 0.2) is 61.3 Å². The Kier molecular flexibility index (Phi) is 4.42. The Morgan fingerprint density at radius 2 is 2.00 bits per heavy atom. The maximum atomic E-state index is 12.6. The van der Waals surface area contributed by atoms with Gasteiger partial charge in [0, 0.05) is 25.1 Å². The van der Waals surface area contributed by atoms with Crippen molar-refractivity contribution in [3.63, 3.8) is 0 Å². The Bertz CT molecular complexity index is 1100. The fourth-order valence-electron chi connectivity index (χ4n) is 3.07. The number of carbonyl (C=O) groups excluding carboxylic acids is 1. The molecule has 0 aliphatic heterocycles. The molecule has 4 rings (SSSR count). The van der Waals surface area contributed by atoms with Crippen LogP contribution >= 0.6 is 0 Å². The van der Waals surface area contributed by atoms with E-state index in [1.54, 1.807) is 18.7 Å². The van der Waals surface area contributed by atoms with Gasteiger partial charge in [0.2, 0.25) is 5.91 Å². The van der Waals surface area contributed by atoms with Gasteiger partial charge in [0.05, 0.1) is 17.4 Å². The number of fused-ring (bicyclic) bond motifs is 1. The molecule has 1 amide bonds. The van der Waals surface area contributed by atoms with E-state index in [2.05, 4.69) is 20.3 Å². The van der Waals surface area contributed by atoms with Crippen molar-refractivity contribution in [2.45, 2.75) is 26.4 Å². The number of nitrogens with one attached hydrogen (secondary N) is 1. The monoisotopic (exact) mass is 360 g/mol. The first-order valence-corrected chi connectivity index (χ1v) is 8.78. The molecule has 0 saturated carbocycles. The first-order chi connectivity index (χ1) is 13.1. The van der Waals surface area contributed by atoms with E-state index in [9.17, 15) is 4.79 Å². The van der Waals surface area contributed by atoms with Gasteiger partial charge in [-0.3, -0.25) is 9.36 Å². The summed E-state index contributed by atoms with van der Waals surface area (Å²) in [5, 5.41) is 3.00. The Labute approximate surface area is 156 Å². The van der Waals surface area contributed by atoms with E-state index in [0.29, 0.717) is 6.54 Å². The van der Waals surface area contributed by atoms with E-state index in [4.69, 9.17) is 0 Å². The lowest BCUT2D eigenvalue weighted by Gasteiger charge is -2.15. The molecule has 136 valence electrons. The van der Waals surface area contributed by atoms with E-state index in [0.717, 1.165) is 28.2 Å². The third-order valence-corrected chi connectivity index (χ3v) is 4.63. The molecule has 0 bridgehead atoms. The summed E-state index contributed by atoms with van der Waals surface area (Å²) in [7, 11) is 0. The van der Waals surface area contributed by atoms with Crippen molar-refractivity contribution in [3.05, 3.63) is 72.7 Å². The largest absolute Gasteiger partial charge is 0.350 e. The summed E-state index contributed by atoms with van der Waals surface area (Å²) in [5.74, 6) is 1.59. The summed E-state index contributed by atoms with van der Waals surface area (Å²) < 4.78 is 3.79. The Hall–Kier alpha value is -3.48. The molecular weight excluding hydrogens is 340 g/mol. The third-order valence-electron chi connectivity index (χ3n) is 4.63. The summed E-state index contributed by atoms with van der Waals surface area (Å²) >= 11 is 0. The lowest BCUT2D eigenvalue weighted by atomic mass is 10.2. The van der Waals surface area contributed by atoms with E-state index in [1.807, 2.05) is 65.6 Å². The molecule has 27 heavy (non-hydrogen) atoms. The second-order valence-electron chi connectivity index (χ2n) is 6.40. The predicted molar refractivity (Wildman–Crippen MR) is 102 cm³/mol. The van der Waals surface area contributed by atoms with E-state index < -0.39 is 0 Å². The highest BCUT2D eigenvalue weighted by atomic mass is 16.2. The van der Waals surface area contributed by atoms with Crippen LogP contribution in [0.4, 0.5) is 0 Å². The maximum absolute atomic E-state index is 12.6. The molecule has 1 aromatic carbocycles.